The highest BCUT2D eigenvalue weighted by Gasteiger charge is 2.50. The number of amides is 1. The summed E-state index contributed by atoms with van der Waals surface area (Å²) in [6.07, 6.45) is 8.30. The number of carbonyl (C=O) groups is 1. The summed E-state index contributed by atoms with van der Waals surface area (Å²) in [5.41, 5.74) is 7.19. The molecule has 3 aromatic rings. The van der Waals surface area contributed by atoms with Crippen molar-refractivity contribution in [3.05, 3.63) is 52.8 Å². The Bertz CT molecular complexity index is 1190. The molecule has 3 aliphatic rings. The fourth-order valence-corrected chi connectivity index (χ4v) is 5.25. The van der Waals surface area contributed by atoms with Gasteiger partial charge in [-0.2, -0.15) is 0 Å². The van der Waals surface area contributed by atoms with Gasteiger partial charge in [-0.1, -0.05) is 0 Å². The van der Waals surface area contributed by atoms with Crippen LogP contribution in [0.25, 0.3) is 22.2 Å². The summed E-state index contributed by atoms with van der Waals surface area (Å²) in [6, 6.07) is 7.14. The Labute approximate surface area is 181 Å². The average Bonchev–Trinajstić information content (AvgIpc) is 3.17. The normalized spacial score (nSPS) is 22.0. The van der Waals surface area contributed by atoms with E-state index in [0.717, 1.165) is 41.5 Å². The van der Waals surface area contributed by atoms with Crippen molar-refractivity contribution in [1.29, 1.82) is 0 Å². The van der Waals surface area contributed by atoms with Crippen molar-refractivity contribution in [2.75, 3.05) is 13.1 Å². The first-order valence-corrected chi connectivity index (χ1v) is 11.4. The molecule has 1 aliphatic carbocycles. The van der Waals surface area contributed by atoms with Gasteiger partial charge in [0.1, 0.15) is 11.2 Å². The number of nitrogens with zero attached hydrogens (tertiary/aromatic N) is 2. The van der Waals surface area contributed by atoms with Gasteiger partial charge in [0.2, 0.25) is 0 Å². The van der Waals surface area contributed by atoms with Crippen molar-refractivity contribution in [2.45, 2.75) is 57.2 Å². The molecule has 1 aromatic carbocycles. The lowest BCUT2D eigenvalue weighted by Gasteiger charge is -2.33. The van der Waals surface area contributed by atoms with E-state index in [1.807, 2.05) is 17.3 Å². The summed E-state index contributed by atoms with van der Waals surface area (Å²) < 4.78 is 0. The number of carbonyl (C=O) groups excluding carboxylic acids is 1. The predicted octanol–water partition coefficient (Wildman–Crippen LogP) is 3.37. The molecule has 160 valence electrons. The quantitative estimate of drug-likeness (QED) is 0.612. The molecule has 2 aliphatic heterocycles. The highest BCUT2D eigenvalue weighted by atomic mass is 16.3. The van der Waals surface area contributed by atoms with E-state index in [1.54, 1.807) is 0 Å². The van der Waals surface area contributed by atoms with Crippen LogP contribution in [0, 0.1) is 6.92 Å². The first-order valence-electron chi connectivity index (χ1n) is 11.4. The van der Waals surface area contributed by atoms with Gasteiger partial charge in [-0.05, 0) is 91.6 Å². The van der Waals surface area contributed by atoms with Crippen LogP contribution in [0.2, 0.25) is 0 Å². The zero-order valence-corrected chi connectivity index (χ0v) is 17.9. The first kappa shape index (κ1) is 19.0. The van der Waals surface area contributed by atoms with Gasteiger partial charge < -0.3 is 20.3 Å². The molecule has 31 heavy (non-hydrogen) atoms. The van der Waals surface area contributed by atoms with Crippen LogP contribution in [0.4, 0.5) is 0 Å². The fourth-order valence-electron chi connectivity index (χ4n) is 5.25. The molecule has 2 aromatic heterocycles. The van der Waals surface area contributed by atoms with Crippen LogP contribution in [0.3, 0.4) is 0 Å². The Balaban J connectivity index is 1.44. The van der Waals surface area contributed by atoms with Gasteiger partial charge in [0.05, 0.1) is 0 Å². The summed E-state index contributed by atoms with van der Waals surface area (Å²) in [5, 5.41) is 15.2. The Morgan fingerprint density at radius 2 is 2.13 bits per heavy atom. The van der Waals surface area contributed by atoms with E-state index in [-0.39, 0.29) is 5.91 Å². The monoisotopic (exact) mass is 416 g/mol. The number of fused-ring (bicyclic) bond motifs is 2. The maximum Gasteiger partial charge on any atom is 0.254 e. The van der Waals surface area contributed by atoms with E-state index in [2.05, 4.69) is 40.4 Å². The Kier molecular flexibility index (Phi) is 4.24. The van der Waals surface area contributed by atoms with Crippen molar-refractivity contribution >= 4 is 16.9 Å². The molecular formula is C25H28N4O2. The van der Waals surface area contributed by atoms with Gasteiger partial charge >= 0.3 is 0 Å². The fraction of sp³-hybridized carbons (Fsp3) is 0.440. The molecule has 6 nitrogen and oxygen atoms in total. The molecule has 3 N–H and O–H groups in total. The van der Waals surface area contributed by atoms with Crippen LogP contribution in [0.1, 0.15) is 54.0 Å². The number of H-pyrrole nitrogens is 1. The number of aromatic nitrogens is 2. The summed E-state index contributed by atoms with van der Waals surface area (Å²) >= 11 is 0. The van der Waals surface area contributed by atoms with Crippen molar-refractivity contribution in [3.63, 3.8) is 0 Å². The number of pyridine rings is 1. The van der Waals surface area contributed by atoms with Gasteiger partial charge in [-0.15, -0.1) is 0 Å². The second-order valence-electron chi connectivity index (χ2n) is 9.45. The maximum atomic E-state index is 12.8. The van der Waals surface area contributed by atoms with E-state index >= 15 is 0 Å². The van der Waals surface area contributed by atoms with E-state index < -0.39 is 5.60 Å². The number of hydrogen-bond acceptors (Lipinski definition) is 4. The second kappa shape index (κ2) is 6.90. The van der Waals surface area contributed by atoms with Crippen LogP contribution in [0.15, 0.2) is 30.6 Å². The van der Waals surface area contributed by atoms with Crippen LogP contribution >= 0.6 is 0 Å². The predicted molar refractivity (Wildman–Crippen MR) is 120 cm³/mol. The third-order valence-corrected chi connectivity index (χ3v) is 7.29. The Morgan fingerprint density at radius 3 is 2.90 bits per heavy atom. The summed E-state index contributed by atoms with van der Waals surface area (Å²) in [7, 11) is 0. The molecule has 1 saturated carbocycles. The SMILES string of the molecule is Cc1c[nH]c2ncc(-c3cc4c(c([C@@H]5CCCN5)c3)CCN(C(=O)C3(O)CC3)C4)cc12. The van der Waals surface area contributed by atoms with Crippen molar-refractivity contribution in [3.8, 4) is 11.1 Å². The minimum absolute atomic E-state index is 0.102. The van der Waals surface area contributed by atoms with Crippen LogP contribution in [-0.2, 0) is 17.8 Å². The third kappa shape index (κ3) is 3.17. The van der Waals surface area contributed by atoms with Crippen LogP contribution < -0.4 is 5.32 Å². The summed E-state index contributed by atoms with van der Waals surface area (Å²) in [6.45, 7) is 4.40. The van der Waals surface area contributed by atoms with Crippen LogP contribution in [0.5, 0.6) is 0 Å². The van der Waals surface area contributed by atoms with Crippen LogP contribution in [-0.4, -0.2) is 44.6 Å². The zero-order chi connectivity index (χ0) is 21.2. The average molecular weight is 417 g/mol. The summed E-state index contributed by atoms with van der Waals surface area (Å²) in [4.78, 5) is 22.5. The number of aromatic amines is 1. The lowest BCUT2D eigenvalue weighted by atomic mass is 9.86. The molecule has 4 heterocycles. The highest BCUT2D eigenvalue weighted by molar-refractivity contribution is 5.88. The lowest BCUT2D eigenvalue weighted by Crippen LogP contribution is -2.43. The van der Waals surface area contributed by atoms with Crippen molar-refractivity contribution in [1.82, 2.24) is 20.2 Å². The minimum atomic E-state index is -1.11. The molecule has 2 fully saturated rings. The number of hydrogen-bond donors (Lipinski definition) is 3. The van der Waals surface area contributed by atoms with E-state index in [0.29, 0.717) is 32.0 Å². The molecule has 1 atom stereocenters. The molecule has 1 amide bonds. The molecular weight excluding hydrogens is 388 g/mol. The highest BCUT2D eigenvalue weighted by Crippen LogP contribution is 2.40. The zero-order valence-electron chi connectivity index (χ0n) is 17.9. The largest absolute Gasteiger partial charge is 0.380 e. The topological polar surface area (TPSA) is 81.2 Å². The van der Waals surface area contributed by atoms with E-state index in [4.69, 9.17) is 0 Å². The molecule has 1 saturated heterocycles. The minimum Gasteiger partial charge on any atom is -0.380 e. The molecule has 6 rings (SSSR count). The lowest BCUT2D eigenvalue weighted by molar-refractivity contribution is -0.143. The maximum absolute atomic E-state index is 12.8. The number of rotatable bonds is 3. The number of aliphatic hydroxyl groups is 1. The number of benzene rings is 1. The number of aryl methyl sites for hydroxylation is 1. The van der Waals surface area contributed by atoms with Crippen molar-refractivity contribution < 1.29 is 9.90 Å². The smallest absolute Gasteiger partial charge is 0.254 e. The van der Waals surface area contributed by atoms with E-state index in [1.165, 1.54) is 28.7 Å². The van der Waals surface area contributed by atoms with Gasteiger partial charge in [0, 0.05) is 42.5 Å². The first-order chi connectivity index (χ1) is 15.0. The summed E-state index contributed by atoms with van der Waals surface area (Å²) in [5.74, 6) is -0.102. The molecule has 0 bridgehead atoms. The van der Waals surface area contributed by atoms with Crippen molar-refractivity contribution in [2.24, 2.45) is 0 Å². The Hall–Kier alpha value is -2.70. The van der Waals surface area contributed by atoms with Gasteiger partial charge in [-0.25, -0.2) is 4.98 Å². The second-order valence-corrected chi connectivity index (χ2v) is 9.45. The molecule has 0 radical (unpaired) electrons. The Morgan fingerprint density at radius 1 is 1.26 bits per heavy atom. The van der Waals surface area contributed by atoms with Gasteiger partial charge in [0.15, 0.2) is 0 Å². The number of nitrogens with one attached hydrogen (secondary N) is 2. The van der Waals surface area contributed by atoms with Gasteiger partial charge in [-0.3, -0.25) is 4.79 Å². The molecule has 0 spiro atoms. The standard InChI is InChI=1S/C25H28N4O2/c1-15-12-27-23-20(15)11-17(13-28-23)16-9-18-14-29(24(30)25(31)5-6-25)8-4-19(18)21(10-16)22-3-2-7-26-22/h9-13,22,26,31H,2-8,14H2,1H3,(H,27,28)/t22-/m0/s1. The third-order valence-electron chi connectivity index (χ3n) is 7.29. The molecule has 6 heteroatoms. The van der Waals surface area contributed by atoms with Gasteiger partial charge in [0.25, 0.3) is 5.91 Å². The van der Waals surface area contributed by atoms with E-state index in [9.17, 15) is 9.90 Å². The molecule has 0 unspecified atom stereocenters.